The van der Waals surface area contributed by atoms with Gasteiger partial charge in [-0.15, -0.1) is 24.8 Å². The van der Waals surface area contributed by atoms with Gasteiger partial charge in [0, 0.05) is 37.4 Å². The van der Waals surface area contributed by atoms with E-state index < -0.39 is 0 Å². The third-order valence-electron chi connectivity index (χ3n) is 3.90. The molecule has 1 saturated heterocycles. The van der Waals surface area contributed by atoms with E-state index in [9.17, 15) is 0 Å². The van der Waals surface area contributed by atoms with E-state index in [0.717, 1.165) is 25.4 Å². The maximum atomic E-state index is 5.92. The predicted octanol–water partition coefficient (Wildman–Crippen LogP) is 3.91. The summed E-state index contributed by atoms with van der Waals surface area (Å²) in [6.45, 7) is 5.99. The van der Waals surface area contributed by atoms with Crippen LogP contribution in [0.15, 0.2) is 54.6 Å². The Morgan fingerprint density at radius 2 is 1.87 bits per heavy atom. The Morgan fingerprint density at radius 1 is 1.09 bits per heavy atom. The molecule has 126 valence electrons. The minimum Gasteiger partial charge on any atom is -0.489 e. The summed E-state index contributed by atoms with van der Waals surface area (Å²) in [7, 11) is 0. The summed E-state index contributed by atoms with van der Waals surface area (Å²) in [6, 6.07) is 19.2. The lowest BCUT2D eigenvalue weighted by Crippen LogP contribution is -2.49. The van der Waals surface area contributed by atoms with Crippen molar-refractivity contribution in [2.75, 3.05) is 24.5 Å². The lowest BCUT2D eigenvalue weighted by molar-refractivity contribution is 0.306. The van der Waals surface area contributed by atoms with E-state index in [2.05, 4.69) is 47.5 Å². The van der Waals surface area contributed by atoms with Crippen LogP contribution in [0.3, 0.4) is 0 Å². The van der Waals surface area contributed by atoms with Crippen LogP contribution in [0.2, 0.25) is 0 Å². The number of nitrogens with one attached hydrogen (secondary N) is 1. The molecule has 0 spiro atoms. The number of benzene rings is 2. The molecule has 1 fully saturated rings. The number of piperazine rings is 1. The van der Waals surface area contributed by atoms with Crippen LogP contribution in [0, 0.1) is 0 Å². The Kier molecular flexibility index (Phi) is 8.24. The van der Waals surface area contributed by atoms with Crippen LogP contribution in [-0.2, 0) is 6.61 Å². The zero-order valence-corrected chi connectivity index (χ0v) is 14.9. The number of anilines is 1. The molecule has 1 unspecified atom stereocenters. The highest BCUT2D eigenvalue weighted by atomic mass is 35.5. The second-order valence-corrected chi connectivity index (χ2v) is 5.52. The molecule has 1 heterocycles. The minimum absolute atomic E-state index is 0. The van der Waals surface area contributed by atoms with Crippen molar-refractivity contribution in [3.05, 3.63) is 60.2 Å². The van der Waals surface area contributed by atoms with Gasteiger partial charge in [0.15, 0.2) is 0 Å². The summed E-state index contributed by atoms with van der Waals surface area (Å²) in [5.74, 6) is 0.932. The van der Waals surface area contributed by atoms with Gasteiger partial charge in [0.1, 0.15) is 12.4 Å². The average Bonchev–Trinajstić information content (AvgIpc) is 2.55. The normalized spacial score (nSPS) is 16.9. The van der Waals surface area contributed by atoms with Crippen molar-refractivity contribution in [1.29, 1.82) is 0 Å². The molecular weight excluding hydrogens is 331 g/mol. The van der Waals surface area contributed by atoms with Crippen molar-refractivity contribution >= 4 is 30.5 Å². The zero-order valence-electron chi connectivity index (χ0n) is 13.3. The Morgan fingerprint density at radius 3 is 2.61 bits per heavy atom. The number of nitrogens with zero attached hydrogens (tertiary/aromatic N) is 1. The first-order valence-corrected chi connectivity index (χ1v) is 7.57. The van der Waals surface area contributed by atoms with Gasteiger partial charge in [-0.05, 0) is 24.6 Å². The van der Waals surface area contributed by atoms with Gasteiger partial charge in [0.05, 0.1) is 0 Å². The molecule has 1 atom stereocenters. The van der Waals surface area contributed by atoms with Crippen molar-refractivity contribution < 1.29 is 4.74 Å². The molecule has 2 aromatic rings. The molecule has 2 aromatic carbocycles. The molecule has 3 nitrogen and oxygen atoms in total. The number of rotatable bonds is 4. The lowest BCUT2D eigenvalue weighted by atomic mass is 10.1. The monoisotopic (exact) mass is 354 g/mol. The highest BCUT2D eigenvalue weighted by Crippen LogP contribution is 2.24. The standard InChI is InChI=1S/C18H22N2O.2ClH/c1-15-13-19-10-11-20(15)17-8-5-9-18(12-17)21-14-16-6-3-2-4-7-16;;/h2-9,12,15,19H,10-11,13-14H2,1H3;2*1H. The largest absolute Gasteiger partial charge is 0.489 e. The van der Waals surface area contributed by atoms with E-state index >= 15 is 0 Å². The smallest absolute Gasteiger partial charge is 0.121 e. The third kappa shape index (κ3) is 5.31. The summed E-state index contributed by atoms with van der Waals surface area (Å²) in [6.07, 6.45) is 0. The van der Waals surface area contributed by atoms with Gasteiger partial charge in [0.25, 0.3) is 0 Å². The second kappa shape index (κ2) is 9.66. The molecule has 5 heteroatoms. The number of ether oxygens (including phenoxy) is 1. The van der Waals surface area contributed by atoms with Crippen molar-refractivity contribution in [2.45, 2.75) is 19.6 Å². The van der Waals surface area contributed by atoms with Gasteiger partial charge in [-0.1, -0.05) is 36.4 Å². The van der Waals surface area contributed by atoms with Crippen molar-refractivity contribution in [2.24, 2.45) is 0 Å². The van der Waals surface area contributed by atoms with Gasteiger partial charge in [-0.25, -0.2) is 0 Å². The fourth-order valence-electron chi connectivity index (χ4n) is 2.72. The molecule has 1 aliphatic rings. The fraction of sp³-hybridized carbons (Fsp3) is 0.333. The van der Waals surface area contributed by atoms with Gasteiger partial charge in [-0.3, -0.25) is 0 Å². The molecule has 3 rings (SSSR count). The van der Waals surface area contributed by atoms with E-state index in [1.165, 1.54) is 11.3 Å². The molecule has 23 heavy (non-hydrogen) atoms. The van der Waals surface area contributed by atoms with Crippen LogP contribution >= 0.6 is 24.8 Å². The summed E-state index contributed by atoms with van der Waals surface area (Å²) in [4.78, 5) is 2.44. The first-order valence-electron chi connectivity index (χ1n) is 7.57. The SMILES string of the molecule is CC1CNCCN1c1cccc(OCc2ccccc2)c1.Cl.Cl. The van der Waals surface area contributed by atoms with Gasteiger partial charge >= 0.3 is 0 Å². The minimum atomic E-state index is 0. The molecule has 1 N–H and O–H groups in total. The van der Waals surface area contributed by atoms with E-state index in [1.807, 2.05) is 24.3 Å². The maximum absolute atomic E-state index is 5.92. The molecule has 0 radical (unpaired) electrons. The Labute approximate surface area is 150 Å². The number of hydrogen-bond acceptors (Lipinski definition) is 3. The van der Waals surface area contributed by atoms with Gasteiger partial charge in [-0.2, -0.15) is 0 Å². The van der Waals surface area contributed by atoms with Crippen LogP contribution in [0.1, 0.15) is 12.5 Å². The van der Waals surface area contributed by atoms with Crippen molar-refractivity contribution in [1.82, 2.24) is 5.32 Å². The van der Waals surface area contributed by atoms with Gasteiger partial charge in [0.2, 0.25) is 0 Å². The van der Waals surface area contributed by atoms with Gasteiger partial charge < -0.3 is 15.0 Å². The van der Waals surface area contributed by atoms with Crippen LogP contribution in [-0.4, -0.2) is 25.7 Å². The molecule has 0 amide bonds. The molecular formula is C18H24Cl2N2O. The number of hydrogen-bond donors (Lipinski definition) is 1. The van der Waals surface area contributed by atoms with Crippen LogP contribution in [0.5, 0.6) is 5.75 Å². The molecule has 0 saturated carbocycles. The van der Waals surface area contributed by atoms with Crippen molar-refractivity contribution in [3.63, 3.8) is 0 Å². The second-order valence-electron chi connectivity index (χ2n) is 5.52. The summed E-state index contributed by atoms with van der Waals surface area (Å²) < 4.78 is 5.92. The third-order valence-corrected chi connectivity index (χ3v) is 3.90. The number of halogens is 2. The highest BCUT2D eigenvalue weighted by Gasteiger charge is 2.18. The van der Waals surface area contributed by atoms with E-state index in [-0.39, 0.29) is 24.8 Å². The quantitative estimate of drug-likeness (QED) is 0.900. The maximum Gasteiger partial charge on any atom is 0.121 e. The molecule has 0 aliphatic carbocycles. The Bertz CT molecular complexity index is 580. The Balaban J connectivity index is 0.00000132. The molecule has 1 aliphatic heterocycles. The summed E-state index contributed by atoms with van der Waals surface area (Å²) >= 11 is 0. The van der Waals surface area contributed by atoms with E-state index in [4.69, 9.17) is 4.74 Å². The van der Waals surface area contributed by atoms with Crippen LogP contribution in [0.4, 0.5) is 5.69 Å². The first-order chi connectivity index (χ1) is 10.3. The molecule has 0 aromatic heterocycles. The van der Waals surface area contributed by atoms with Crippen LogP contribution in [0.25, 0.3) is 0 Å². The highest BCUT2D eigenvalue weighted by molar-refractivity contribution is 5.85. The Hall–Kier alpha value is -1.42. The summed E-state index contributed by atoms with van der Waals surface area (Å²) in [5, 5.41) is 3.42. The fourth-order valence-corrected chi connectivity index (χ4v) is 2.72. The first kappa shape index (κ1) is 19.6. The topological polar surface area (TPSA) is 24.5 Å². The van der Waals surface area contributed by atoms with Crippen molar-refractivity contribution in [3.8, 4) is 5.75 Å². The van der Waals surface area contributed by atoms with E-state index in [1.54, 1.807) is 0 Å². The molecule has 0 bridgehead atoms. The lowest BCUT2D eigenvalue weighted by Gasteiger charge is -2.36. The van der Waals surface area contributed by atoms with Crippen LogP contribution < -0.4 is 15.0 Å². The zero-order chi connectivity index (χ0) is 14.5. The predicted molar refractivity (Wildman–Crippen MR) is 101 cm³/mol. The average molecular weight is 355 g/mol. The summed E-state index contributed by atoms with van der Waals surface area (Å²) in [5.41, 5.74) is 2.44. The van der Waals surface area contributed by atoms with E-state index in [0.29, 0.717) is 12.6 Å².